The van der Waals surface area contributed by atoms with E-state index in [4.69, 9.17) is 0 Å². The molecule has 0 radical (unpaired) electrons. The number of hydrogen-bond acceptors (Lipinski definition) is 2. The first-order valence-corrected chi connectivity index (χ1v) is 7.46. The van der Waals surface area contributed by atoms with Crippen molar-refractivity contribution in [3.63, 3.8) is 0 Å². The van der Waals surface area contributed by atoms with Gasteiger partial charge in [-0.2, -0.15) is 0 Å². The van der Waals surface area contributed by atoms with Gasteiger partial charge in [-0.1, -0.05) is 24.3 Å². The minimum Gasteiger partial charge on any atom is -0.289 e. The molecule has 2 aromatic carbocycles. The number of ketones is 1. The number of thioether (sulfide) groups is 1. The number of carbonyl (C=O) groups is 1. The van der Waals surface area contributed by atoms with E-state index in [0.29, 0.717) is 0 Å². The summed E-state index contributed by atoms with van der Waals surface area (Å²) in [6, 6.07) is 15.4. The Kier molecular flexibility index (Phi) is 4.23. The molecule has 0 aliphatic heterocycles. The Balaban J connectivity index is 2.48. The van der Waals surface area contributed by atoms with Gasteiger partial charge in [-0.05, 0) is 53.1 Å². The molecule has 0 saturated carbocycles. The van der Waals surface area contributed by atoms with Crippen LogP contribution >= 0.6 is 34.4 Å². The van der Waals surface area contributed by atoms with Crippen LogP contribution in [0.5, 0.6) is 0 Å². The number of hydrogen-bond donors (Lipinski definition) is 0. The smallest absolute Gasteiger partial charge is 0.195 e. The molecule has 17 heavy (non-hydrogen) atoms. The van der Waals surface area contributed by atoms with Gasteiger partial charge in [0.25, 0.3) is 0 Å². The molecule has 2 aromatic rings. The van der Waals surface area contributed by atoms with Crippen LogP contribution in [-0.4, -0.2) is 12.0 Å². The Morgan fingerprint density at radius 2 is 1.59 bits per heavy atom. The minimum atomic E-state index is 0.0972. The van der Waals surface area contributed by atoms with Gasteiger partial charge in [0.05, 0.1) is 0 Å². The standard InChI is InChI=1S/C14H11IOS/c1-17-13-9-5-3-7-11(13)14(16)10-6-2-4-8-12(10)15/h2-9H,1H3. The second-order valence-corrected chi connectivity index (χ2v) is 5.52. The van der Waals surface area contributed by atoms with Gasteiger partial charge in [-0.3, -0.25) is 4.79 Å². The van der Waals surface area contributed by atoms with Gasteiger partial charge < -0.3 is 0 Å². The Morgan fingerprint density at radius 3 is 2.24 bits per heavy atom. The maximum atomic E-state index is 12.4. The average Bonchev–Trinajstić information content (AvgIpc) is 2.38. The van der Waals surface area contributed by atoms with Crippen LogP contribution in [-0.2, 0) is 0 Å². The van der Waals surface area contributed by atoms with Crippen molar-refractivity contribution in [3.8, 4) is 0 Å². The lowest BCUT2D eigenvalue weighted by Gasteiger charge is -2.07. The summed E-state index contributed by atoms with van der Waals surface area (Å²) >= 11 is 3.80. The molecule has 0 unspecified atom stereocenters. The first kappa shape index (κ1) is 12.6. The zero-order valence-electron chi connectivity index (χ0n) is 9.31. The lowest BCUT2D eigenvalue weighted by atomic mass is 10.0. The summed E-state index contributed by atoms with van der Waals surface area (Å²) in [5, 5.41) is 0. The Bertz CT molecular complexity index is 551. The minimum absolute atomic E-state index is 0.0972. The third-order valence-electron chi connectivity index (χ3n) is 2.47. The molecular weight excluding hydrogens is 343 g/mol. The second-order valence-electron chi connectivity index (χ2n) is 3.51. The van der Waals surface area contributed by atoms with Crippen LogP contribution < -0.4 is 0 Å². The Morgan fingerprint density at radius 1 is 1.00 bits per heavy atom. The van der Waals surface area contributed by atoms with E-state index in [1.165, 1.54) is 0 Å². The van der Waals surface area contributed by atoms with E-state index in [0.717, 1.165) is 19.6 Å². The van der Waals surface area contributed by atoms with E-state index < -0.39 is 0 Å². The van der Waals surface area contributed by atoms with Gasteiger partial charge >= 0.3 is 0 Å². The van der Waals surface area contributed by atoms with Gasteiger partial charge in [-0.25, -0.2) is 0 Å². The maximum Gasteiger partial charge on any atom is 0.195 e. The van der Waals surface area contributed by atoms with Crippen LogP contribution in [0.3, 0.4) is 0 Å². The molecule has 0 aromatic heterocycles. The highest BCUT2D eigenvalue weighted by molar-refractivity contribution is 14.1. The van der Waals surface area contributed by atoms with Gasteiger partial charge in [0.2, 0.25) is 0 Å². The molecule has 0 saturated heterocycles. The van der Waals surface area contributed by atoms with Crippen LogP contribution in [0.4, 0.5) is 0 Å². The van der Waals surface area contributed by atoms with Crippen molar-refractivity contribution in [2.45, 2.75) is 4.90 Å². The van der Waals surface area contributed by atoms with Gasteiger partial charge in [0.1, 0.15) is 0 Å². The van der Waals surface area contributed by atoms with Crippen LogP contribution in [0.1, 0.15) is 15.9 Å². The number of benzene rings is 2. The van der Waals surface area contributed by atoms with Gasteiger partial charge in [0, 0.05) is 19.6 Å². The third kappa shape index (κ3) is 2.72. The molecule has 2 rings (SSSR count). The van der Waals surface area contributed by atoms with E-state index in [1.807, 2.05) is 54.8 Å². The fourth-order valence-electron chi connectivity index (χ4n) is 1.62. The van der Waals surface area contributed by atoms with E-state index in [1.54, 1.807) is 11.8 Å². The van der Waals surface area contributed by atoms with Crippen molar-refractivity contribution in [2.24, 2.45) is 0 Å². The predicted molar refractivity (Wildman–Crippen MR) is 80.8 cm³/mol. The highest BCUT2D eigenvalue weighted by Gasteiger charge is 2.14. The van der Waals surface area contributed by atoms with Crippen molar-refractivity contribution < 1.29 is 4.79 Å². The average molecular weight is 354 g/mol. The molecule has 0 aliphatic carbocycles. The van der Waals surface area contributed by atoms with Crippen molar-refractivity contribution in [1.29, 1.82) is 0 Å². The van der Waals surface area contributed by atoms with E-state index in [2.05, 4.69) is 22.6 Å². The summed E-state index contributed by atoms with van der Waals surface area (Å²) in [6.07, 6.45) is 1.99. The fraction of sp³-hybridized carbons (Fsp3) is 0.0714. The van der Waals surface area contributed by atoms with Crippen LogP contribution in [0.25, 0.3) is 0 Å². The first-order chi connectivity index (χ1) is 8.24. The fourth-order valence-corrected chi connectivity index (χ4v) is 2.85. The van der Waals surface area contributed by atoms with Crippen LogP contribution in [0.2, 0.25) is 0 Å². The largest absolute Gasteiger partial charge is 0.289 e. The molecule has 0 fully saturated rings. The van der Waals surface area contributed by atoms with Crippen molar-refractivity contribution >= 4 is 40.1 Å². The molecule has 0 atom stereocenters. The molecule has 0 spiro atoms. The van der Waals surface area contributed by atoms with E-state index in [-0.39, 0.29) is 5.78 Å². The first-order valence-electron chi connectivity index (χ1n) is 5.16. The second kappa shape index (κ2) is 5.69. The molecule has 3 heteroatoms. The van der Waals surface area contributed by atoms with E-state index in [9.17, 15) is 4.79 Å². The maximum absolute atomic E-state index is 12.4. The van der Waals surface area contributed by atoms with Gasteiger partial charge in [-0.15, -0.1) is 11.8 Å². The molecule has 0 amide bonds. The van der Waals surface area contributed by atoms with Crippen LogP contribution in [0, 0.1) is 3.57 Å². The molecule has 86 valence electrons. The zero-order chi connectivity index (χ0) is 12.3. The SMILES string of the molecule is CSc1ccccc1C(=O)c1ccccc1I. The Hall–Kier alpha value is -0.810. The van der Waals surface area contributed by atoms with Crippen LogP contribution in [0.15, 0.2) is 53.4 Å². The zero-order valence-corrected chi connectivity index (χ0v) is 12.3. The summed E-state index contributed by atoms with van der Waals surface area (Å²) in [5.74, 6) is 0.0972. The summed E-state index contributed by atoms with van der Waals surface area (Å²) in [6.45, 7) is 0. The highest BCUT2D eigenvalue weighted by Crippen LogP contribution is 2.24. The molecule has 0 N–H and O–H groups in total. The van der Waals surface area contributed by atoms with Crippen molar-refractivity contribution in [3.05, 3.63) is 63.2 Å². The topological polar surface area (TPSA) is 17.1 Å². The number of carbonyl (C=O) groups excluding carboxylic acids is 1. The normalized spacial score (nSPS) is 10.2. The molecule has 0 aliphatic rings. The molecule has 0 bridgehead atoms. The Labute approximate surface area is 119 Å². The van der Waals surface area contributed by atoms with Crippen molar-refractivity contribution in [1.82, 2.24) is 0 Å². The summed E-state index contributed by atoms with van der Waals surface area (Å²) in [5.41, 5.74) is 1.55. The monoisotopic (exact) mass is 354 g/mol. The van der Waals surface area contributed by atoms with Crippen molar-refractivity contribution in [2.75, 3.05) is 6.26 Å². The predicted octanol–water partition coefficient (Wildman–Crippen LogP) is 4.24. The number of halogens is 1. The summed E-state index contributed by atoms with van der Waals surface area (Å²) < 4.78 is 0.992. The third-order valence-corrected chi connectivity index (χ3v) is 4.21. The van der Waals surface area contributed by atoms with Gasteiger partial charge in [0.15, 0.2) is 5.78 Å². The molecular formula is C14H11IOS. The summed E-state index contributed by atoms with van der Waals surface area (Å²) in [4.78, 5) is 13.5. The lowest BCUT2D eigenvalue weighted by Crippen LogP contribution is -2.04. The number of rotatable bonds is 3. The summed E-state index contributed by atoms with van der Waals surface area (Å²) in [7, 11) is 0. The lowest BCUT2D eigenvalue weighted by molar-refractivity contribution is 0.103. The molecule has 0 heterocycles. The van der Waals surface area contributed by atoms with E-state index >= 15 is 0 Å². The highest BCUT2D eigenvalue weighted by atomic mass is 127. The molecule has 1 nitrogen and oxygen atoms in total. The quantitative estimate of drug-likeness (QED) is 0.466.